The third-order valence-electron chi connectivity index (χ3n) is 6.29. The lowest BCUT2D eigenvalue weighted by molar-refractivity contribution is -0.142. The average molecular weight is 583 g/mol. The number of hydrogen-bond acceptors (Lipinski definition) is 12. The molecular formula is C25H30BN7O7S. The summed E-state index contributed by atoms with van der Waals surface area (Å²) < 4.78 is 5.64. The zero-order chi connectivity index (χ0) is 29.9. The molecule has 0 spiro atoms. The number of amides is 3. The van der Waals surface area contributed by atoms with Crippen molar-refractivity contribution in [2.75, 3.05) is 32.1 Å². The zero-order valence-electron chi connectivity index (χ0n) is 22.1. The highest BCUT2D eigenvalue weighted by atomic mass is 32.1. The summed E-state index contributed by atoms with van der Waals surface area (Å²) in [4.78, 5) is 44.0. The minimum atomic E-state index is -3.05. The van der Waals surface area contributed by atoms with Crippen LogP contribution < -0.4 is 32.2 Å². The first kappa shape index (κ1) is 29.9. The van der Waals surface area contributed by atoms with Gasteiger partial charge in [0.25, 0.3) is 11.8 Å². The van der Waals surface area contributed by atoms with Crippen molar-refractivity contribution in [2.45, 2.75) is 18.7 Å². The van der Waals surface area contributed by atoms with Gasteiger partial charge in [-0.2, -0.15) is 0 Å². The molecule has 2 radical (unpaired) electrons. The van der Waals surface area contributed by atoms with E-state index in [4.69, 9.17) is 24.1 Å². The van der Waals surface area contributed by atoms with Crippen molar-refractivity contribution >= 4 is 42.6 Å². The van der Waals surface area contributed by atoms with Crippen LogP contribution in [0.2, 0.25) is 0 Å². The van der Waals surface area contributed by atoms with Gasteiger partial charge in [0.15, 0.2) is 19.4 Å². The molecule has 2 aliphatic rings. The molecule has 16 heteroatoms. The number of ether oxygens (including phenoxy) is 1. The molecule has 0 atom stereocenters. The van der Waals surface area contributed by atoms with Crippen LogP contribution in [0.5, 0.6) is 5.75 Å². The lowest BCUT2D eigenvalue weighted by atomic mass is 10.0. The second-order valence-corrected chi connectivity index (χ2v) is 10.7. The number of nitrogens with zero attached hydrogens (tertiary/aromatic N) is 2. The summed E-state index contributed by atoms with van der Waals surface area (Å²) in [5.41, 5.74) is 12.2. The number of aliphatic hydroxyl groups is 3. The Morgan fingerprint density at radius 3 is 2.59 bits per heavy atom. The van der Waals surface area contributed by atoms with Gasteiger partial charge in [-0.05, 0) is 25.0 Å². The van der Waals surface area contributed by atoms with E-state index < -0.39 is 17.4 Å². The molecule has 2 fully saturated rings. The quantitative estimate of drug-likeness (QED) is 0.0669. The smallest absolute Gasteiger partial charge is 0.272 e. The summed E-state index contributed by atoms with van der Waals surface area (Å²) in [5, 5.41) is 35.6. The van der Waals surface area contributed by atoms with Crippen molar-refractivity contribution in [3.05, 3.63) is 52.6 Å². The number of allylic oxidation sites excluding steroid dienone is 1. The standard InChI is InChI=1S/C25H30BN7O7S/c1-40-20-14(23-29-8-17(41-23)24(37)33-9-12(10-33)11-34)3-2-4-15(20)30-16(19(28)22(36)32-25(26,38)39)7-18(27)31-21(35)13-5-6-13/h2-4,7-8,12-13,30,34,38-39H,5-6,9-11,27-28H2,1H3,(H,31,35)(H,32,36)/b18-7+,19-16+. The zero-order valence-corrected chi connectivity index (χ0v) is 22.9. The predicted octanol–water partition coefficient (Wildman–Crippen LogP) is -1.33. The van der Waals surface area contributed by atoms with Gasteiger partial charge in [0.2, 0.25) is 5.91 Å². The Balaban J connectivity index is 1.64. The van der Waals surface area contributed by atoms with Gasteiger partial charge in [0.1, 0.15) is 21.4 Å². The lowest BCUT2D eigenvalue weighted by Gasteiger charge is -2.37. The summed E-state index contributed by atoms with van der Waals surface area (Å²) in [6.07, 6.45) is 4.15. The molecule has 1 aromatic carbocycles. The number of carbonyl (C=O) groups is 3. The van der Waals surface area contributed by atoms with Gasteiger partial charge in [-0.1, -0.05) is 6.07 Å². The third-order valence-corrected chi connectivity index (χ3v) is 7.30. The van der Waals surface area contributed by atoms with Crippen LogP contribution in [-0.4, -0.2) is 83.4 Å². The second-order valence-electron chi connectivity index (χ2n) is 9.67. The molecule has 1 saturated carbocycles. The van der Waals surface area contributed by atoms with E-state index in [0.29, 0.717) is 34.2 Å². The van der Waals surface area contributed by atoms with Gasteiger partial charge in [-0.15, -0.1) is 11.3 Å². The largest absolute Gasteiger partial charge is 0.494 e. The molecule has 4 rings (SSSR count). The Bertz CT molecular complexity index is 1390. The molecule has 2 aromatic rings. The molecule has 3 amide bonds. The van der Waals surface area contributed by atoms with Gasteiger partial charge >= 0.3 is 0 Å². The molecule has 2 heterocycles. The number of carbonyl (C=O) groups excluding carboxylic acids is 3. The van der Waals surface area contributed by atoms with Gasteiger partial charge in [0.05, 0.1) is 30.3 Å². The van der Waals surface area contributed by atoms with Crippen molar-refractivity contribution in [2.24, 2.45) is 23.3 Å². The Kier molecular flexibility index (Phi) is 8.87. The molecular weight excluding hydrogens is 553 g/mol. The number of aliphatic hydroxyl groups excluding tert-OH is 1. The van der Waals surface area contributed by atoms with Crippen LogP contribution in [0.1, 0.15) is 22.5 Å². The van der Waals surface area contributed by atoms with Gasteiger partial charge in [-0.25, -0.2) is 4.98 Å². The van der Waals surface area contributed by atoms with Gasteiger partial charge in [-0.3, -0.25) is 14.4 Å². The summed E-state index contributed by atoms with van der Waals surface area (Å²) in [6.45, 7) is 0.980. The Morgan fingerprint density at radius 2 is 1.98 bits per heavy atom. The highest BCUT2D eigenvalue weighted by Gasteiger charge is 2.32. The van der Waals surface area contributed by atoms with Crippen LogP contribution >= 0.6 is 11.3 Å². The van der Waals surface area contributed by atoms with Crippen molar-refractivity contribution in [1.29, 1.82) is 0 Å². The Labute approximate surface area is 240 Å². The second kappa shape index (κ2) is 12.2. The van der Waals surface area contributed by atoms with Crippen LogP contribution in [-0.2, 0) is 9.59 Å². The highest BCUT2D eigenvalue weighted by molar-refractivity contribution is 7.17. The number of benzene rings is 1. The summed E-state index contributed by atoms with van der Waals surface area (Å²) in [6, 6.07) is 5.01. The Hall–Kier alpha value is -4.12. The number of thiazole rings is 1. The topological polar surface area (TPSA) is 225 Å². The lowest BCUT2D eigenvalue weighted by Crippen LogP contribution is -2.51. The van der Waals surface area contributed by atoms with Crippen molar-refractivity contribution in [3.63, 3.8) is 0 Å². The van der Waals surface area contributed by atoms with E-state index in [2.05, 4.69) is 15.6 Å². The number of rotatable bonds is 11. The minimum Gasteiger partial charge on any atom is -0.494 e. The van der Waals surface area contributed by atoms with E-state index >= 15 is 0 Å². The number of nitrogens with two attached hydrogens (primary N) is 2. The van der Waals surface area contributed by atoms with Crippen LogP contribution in [0, 0.1) is 11.8 Å². The predicted molar refractivity (Wildman–Crippen MR) is 150 cm³/mol. The molecule has 1 saturated heterocycles. The van der Waals surface area contributed by atoms with E-state index in [1.54, 1.807) is 28.4 Å². The maximum Gasteiger partial charge on any atom is 0.272 e. The number of para-hydroxylation sites is 1. The van der Waals surface area contributed by atoms with Crippen LogP contribution in [0.3, 0.4) is 0 Å². The number of anilines is 1. The molecule has 216 valence electrons. The fourth-order valence-corrected chi connectivity index (χ4v) is 4.90. The van der Waals surface area contributed by atoms with Gasteiger partial charge in [0, 0.05) is 37.6 Å². The highest BCUT2D eigenvalue weighted by Crippen LogP contribution is 2.39. The molecule has 10 N–H and O–H groups in total. The van der Waals surface area contributed by atoms with Crippen molar-refractivity contribution in [3.8, 4) is 16.3 Å². The number of likely N-dealkylation sites (tertiary alicyclic amines) is 1. The van der Waals surface area contributed by atoms with E-state index in [0.717, 1.165) is 24.2 Å². The van der Waals surface area contributed by atoms with E-state index in [-0.39, 0.29) is 47.5 Å². The summed E-state index contributed by atoms with van der Waals surface area (Å²) in [7, 11) is 6.47. The van der Waals surface area contributed by atoms with Crippen LogP contribution in [0.15, 0.2) is 47.7 Å². The fourth-order valence-electron chi connectivity index (χ4n) is 3.99. The summed E-state index contributed by atoms with van der Waals surface area (Å²) in [5.74, 6) is -4.58. The third kappa shape index (κ3) is 7.35. The number of methoxy groups -OCH3 is 1. The fraction of sp³-hybridized carbons (Fsp3) is 0.360. The average Bonchev–Trinajstić information content (AvgIpc) is 3.62. The van der Waals surface area contributed by atoms with E-state index in [1.807, 2.05) is 0 Å². The minimum absolute atomic E-state index is 0.0259. The van der Waals surface area contributed by atoms with Gasteiger partial charge < -0.3 is 52.4 Å². The van der Waals surface area contributed by atoms with Crippen LogP contribution in [0.25, 0.3) is 10.6 Å². The van der Waals surface area contributed by atoms with Crippen LogP contribution in [0.4, 0.5) is 5.69 Å². The first-order valence-electron chi connectivity index (χ1n) is 12.5. The molecule has 1 aromatic heterocycles. The van der Waals surface area contributed by atoms with E-state index in [1.165, 1.54) is 19.4 Å². The Morgan fingerprint density at radius 1 is 1.27 bits per heavy atom. The van der Waals surface area contributed by atoms with E-state index in [9.17, 15) is 29.7 Å². The molecule has 1 aliphatic heterocycles. The van der Waals surface area contributed by atoms with Crippen molar-refractivity contribution < 1.29 is 34.4 Å². The molecule has 1 aliphatic carbocycles. The number of hydrogen-bond donors (Lipinski definition) is 8. The first-order valence-corrected chi connectivity index (χ1v) is 13.4. The number of nitrogens with one attached hydrogen (secondary N) is 3. The first-order chi connectivity index (χ1) is 19.4. The maximum absolute atomic E-state index is 12.8. The van der Waals surface area contributed by atoms with Crippen molar-refractivity contribution in [1.82, 2.24) is 20.5 Å². The molecule has 41 heavy (non-hydrogen) atoms. The monoisotopic (exact) mass is 583 g/mol. The molecule has 0 bridgehead atoms. The maximum atomic E-state index is 12.8. The normalized spacial score (nSPS) is 16.4. The SMILES string of the molecule is [B]C(O)(O)NC(=O)/C(N)=C(/C=C(\N)NC(=O)C1CC1)Nc1cccc(-c2ncc(C(=O)N3CC(CO)C3)s2)c1OC. The molecule has 0 unspecified atom stereocenters. The molecule has 14 nitrogen and oxygen atoms in total. The number of aromatic nitrogens is 1. The summed E-state index contributed by atoms with van der Waals surface area (Å²) >= 11 is 1.16.